The van der Waals surface area contributed by atoms with E-state index < -0.39 is 5.97 Å². The third-order valence-electron chi connectivity index (χ3n) is 3.84. The Morgan fingerprint density at radius 1 is 1.18 bits per heavy atom. The molecule has 2 N–H and O–H groups in total. The molecule has 1 aliphatic carbocycles. The van der Waals surface area contributed by atoms with Crippen LogP contribution in [0.4, 0.5) is 0 Å². The molecule has 1 amide bonds. The number of benzene rings is 1. The van der Waals surface area contributed by atoms with Crippen LogP contribution in [0.5, 0.6) is 0 Å². The maximum absolute atomic E-state index is 12.5. The van der Waals surface area contributed by atoms with Crippen LogP contribution in [0.2, 0.25) is 0 Å². The number of carbonyl (C=O) groups excluding carboxylic acids is 1. The van der Waals surface area contributed by atoms with E-state index in [2.05, 4.69) is 5.32 Å². The molecular formula is C17H17NO4. The normalized spacial score (nSPS) is 15.3. The van der Waals surface area contributed by atoms with Crippen LogP contribution in [0.15, 0.2) is 46.9 Å². The molecule has 1 aliphatic rings. The third kappa shape index (κ3) is 3.19. The van der Waals surface area contributed by atoms with E-state index in [1.54, 1.807) is 6.07 Å². The second-order valence-corrected chi connectivity index (χ2v) is 5.51. The summed E-state index contributed by atoms with van der Waals surface area (Å²) in [4.78, 5) is 23.2. The van der Waals surface area contributed by atoms with E-state index in [0.29, 0.717) is 11.7 Å². The standard InChI is InChI=1S/C17H17NO4/c19-16(18-10-13-8-9-14(22-13)17(20)21)15(12-6-7-12)11-4-2-1-3-5-11/h1-5,8-9,12,15H,6-7,10H2,(H,18,19)(H,20,21). The Kier molecular flexibility index (Phi) is 3.96. The highest BCUT2D eigenvalue weighted by Crippen LogP contribution is 2.42. The molecular weight excluding hydrogens is 282 g/mol. The number of furan rings is 1. The fourth-order valence-corrected chi connectivity index (χ4v) is 2.60. The molecule has 0 spiro atoms. The first-order chi connectivity index (χ1) is 10.6. The maximum Gasteiger partial charge on any atom is 0.371 e. The predicted molar refractivity (Wildman–Crippen MR) is 79.4 cm³/mol. The van der Waals surface area contributed by atoms with Crippen molar-refractivity contribution in [3.05, 3.63) is 59.5 Å². The fraction of sp³-hybridized carbons (Fsp3) is 0.294. The molecule has 1 aromatic carbocycles. The smallest absolute Gasteiger partial charge is 0.371 e. The van der Waals surface area contributed by atoms with Crippen molar-refractivity contribution in [2.24, 2.45) is 5.92 Å². The molecule has 0 bridgehead atoms. The zero-order valence-corrected chi connectivity index (χ0v) is 12.0. The summed E-state index contributed by atoms with van der Waals surface area (Å²) in [5.41, 5.74) is 1.02. The number of carbonyl (C=O) groups is 2. The number of aromatic carboxylic acids is 1. The van der Waals surface area contributed by atoms with Gasteiger partial charge in [0.2, 0.25) is 11.7 Å². The average Bonchev–Trinajstić information content (AvgIpc) is 3.22. The lowest BCUT2D eigenvalue weighted by atomic mass is 9.93. The van der Waals surface area contributed by atoms with Crippen LogP contribution >= 0.6 is 0 Å². The van der Waals surface area contributed by atoms with E-state index in [4.69, 9.17) is 9.52 Å². The van der Waals surface area contributed by atoms with Gasteiger partial charge in [0.25, 0.3) is 0 Å². The van der Waals surface area contributed by atoms with E-state index in [1.807, 2.05) is 30.3 Å². The summed E-state index contributed by atoms with van der Waals surface area (Å²) in [6.45, 7) is 0.197. The molecule has 2 aromatic rings. The summed E-state index contributed by atoms with van der Waals surface area (Å²) in [5.74, 6) is -0.581. The zero-order chi connectivity index (χ0) is 15.5. The Balaban J connectivity index is 1.65. The van der Waals surface area contributed by atoms with E-state index in [-0.39, 0.29) is 24.1 Å². The summed E-state index contributed by atoms with van der Waals surface area (Å²) in [6.07, 6.45) is 2.13. The monoisotopic (exact) mass is 299 g/mol. The second-order valence-electron chi connectivity index (χ2n) is 5.51. The molecule has 0 aliphatic heterocycles. The van der Waals surface area contributed by atoms with Crippen molar-refractivity contribution in [3.63, 3.8) is 0 Å². The van der Waals surface area contributed by atoms with Crippen molar-refractivity contribution in [1.82, 2.24) is 5.32 Å². The lowest BCUT2D eigenvalue weighted by Gasteiger charge is -2.16. The van der Waals surface area contributed by atoms with Crippen LogP contribution in [0, 0.1) is 5.92 Å². The molecule has 5 nitrogen and oxygen atoms in total. The van der Waals surface area contributed by atoms with Gasteiger partial charge in [-0.3, -0.25) is 4.79 Å². The van der Waals surface area contributed by atoms with Crippen LogP contribution in [0.25, 0.3) is 0 Å². The van der Waals surface area contributed by atoms with Gasteiger partial charge < -0.3 is 14.8 Å². The first kappa shape index (κ1) is 14.4. The second kappa shape index (κ2) is 6.05. The minimum Gasteiger partial charge on any atom is -0.475 e. The topological polar surface area (TPSA) is 79.5 Å². The van der Waals surface area contributed by atoms with Gasteiger partial charge >= 0.3 is 5.97 Å². The van der Waals surface area contributed by atoms with Crippen molar-refractivity contribution in [2.45, 2.75) is 25.3 Å². The van der Waals surface area contributed by atoms with E-state index in [0.717, 1.165) is 18.4 Å². The Morgan fingerprint density at radius 3 is 2.50 bits per heavy atom. The number of amides is 1. The van der Waals surface area contributed by atoms with Gasteiger partial charge in [-0.1, -0.05) is 30.3 Å². The maximum atomic E-state index is 12.5. The summed E-state index contributed by atoms with van der Waals surface area (Å²) in [7, 11) is 0. The molecule has 3 rings (SSSR count). The van der Waals surface area contributed by atoms with E-state index >= 15 is 0 Å². The Bertz CT molecular complexity index is 673. The van der Waals surface area contributed by atoms with Crippen LogP contribution in [-0.2, 0) is 11.3 Å². The minimum absolute atomic E-state index is 0.0398. The Labute approximate surface area is 127 Å². The molecule has 1 aromatic heterocycles. The van der Waals surface area contributed by atoms with Gasteiger partial charge in [-0.2, -0.15) is 0 Å². The SMILES string of the molecule is O=C(O)c1ccc(CNC(=O)C(c2ccccc2)C2CC2)o1. The molecule has 0 radical (unpaired) electrons. The van der Waals surface area contributed by atoms with Gasteiger partial charge in [0, 0.05) is 0 Å². The largest absolute Gasteiger partial charge is 0.475 e. The molecule has 1 heterocycles. The first-order valence-corrected chi connectivity index (χ1v) is 7.30. The minimum atomic E-state index is -1.11. The molecule has 22 heavy (non-hydrogen) atoms. The Morgan fingerprint density at radius 2 is 1.91 bits per heavy atom. The lowest BCUT2D eigenvalue weighted by Crippen LogP contribution is -2.30. The van der Waals surface area contributed by atoms with Crippen molar-refractivity contribution in [2.75, 3.05) is 0 Å². The molecule has 0 saturated heterocycles. The molecule has 5 heteroatoms. The van der Waals surface area contributed by atoms with Gasteiger partial charge in [-0.25, -0.2) is 4.79 Å². The number of hydrogen-bond donors (Lipinski definition) is 2. The summed E-state index contributed by atoms with van der Waals surface area (Å²) in [5, 5.41) is 11.7. The number of rotatable bonds is 6. The van der Waals surface area contributed by atoms with E-state index in [9.17, 15) is 9.59 Å². The van der Waals surface area contributed by atoms with Crippen LogP contribution in [-0.4, -0.2) is 17.0 Å². The predicted octanol–water partition coefficient (Wildman–Crippen LogP) is 2.79. The number of carboxylic acids is 1. The van der Waals surface area contributed by atoms with Crippen LogP contribution < -0.4 is 5.32 Å². The summed E-state index contributed by atoms with van der Waals surface area (Å²) >= 11 is 0. The lowest BCUT2D eigenvalue weighted by molar-refractivity contribution is -0.123. The van der Waals surface area contributed by atoms with Gasteiger partial charge in [-0.05, 0) is 36.5 Å². The molecule has 114 valence electrons. The highest BCUT2D eigenvalue weighted by atomic mass is 16.4. The fourth-order valence-electron chi connectivity index (χ4n) is 2.60. The van der Waals surface area contributed by atoms with Gasteiger partial charge in [0.15, 0.2) is 0 Å². The van der Waals surface area contributed by atoms with Gasteiger partial charge in [-0.15, -0.1) is 0 Å². The summed E-state index contributed by atoms with van der Waals surface area (Å²) in [6, 6.07) is 12.7. The number of nitrogens with one attached hydrogen (secondary N) is 1. The van der Waals surface area contributed by atoms with E-state index in [1.165, 1.54) is 6.07 Å². The van der Waals surface area contributed by atoms with Crippen molar-refractivity contribution < 1.29 is 19.1 Å². The molecule has 1 fully saturated rings. The molecule has 1 unspecified atom stereocenters. The first-order valence-electron chi connectivity index (χ1n) is 7.30. The van der Waals surface area contributed by atoms with Crippen molar-refractivity contribution >= 4 is 11.9 Å². The quantitative estimate of drug-likeness (QED) is 0.859. The zero-order valence-electron chi connectivity index (χ0n) is 12.0. The average molecular weight is 299 g/mol. The molecule has 1 atom stereocenters. The van der Waals surface area contributed by atoms with Crippen molar-refractivity contribution in [3.8, 4) is 0 Å². The van der Waals surface area contributed by atoms with Crippen molar-refractivity contribution in [1.29, 1.82) is 0 Å². The van der Waals surface area contributed by atoms with Gasteiger partial charge in [0.1, 0.15) is 5.76 Å². The summed E-state index contributed by atoms with van der Waals surface area (Å²) < 4.78 is 5.14. The van der Waals surface area contributed by atoms with Crippen LogP contribution in [0.3, 0.4) is 0 Å². The molecule has 1 saturated carbocycles. The highest BCUT2D eigenvalue weighted by molar-refractivity contribution is 5.85. The Hall–Kier alpha value is -2.56. The highest BCUT2D eigenvalue weighted by Gasteiger charge is 2.37. The van der Waals surface area contributed by atoms with Gasteiger partial charge in [0.05, 0.1) is 12.5 Å². The van der Waals surface area contributed by atoms with Crippen LogP contribution in [0.1, 0.15) is 40.6 Å². The number of carboxylic acid groups (broad SMARTS) is 1. The third-order valence-corrected chi connectivity index (χ3v) is 3.84. The number of hydrogen-bond acceptors (Lipinski definition) is 3.